The van der Waals surface area contributed by atoms with E-state index >= 15 is 0 Å². The normalized spacial score (nSPS) is 10.9. The molecule has 0 saturated carbocycles. The highest BCUT2D eigenvalue weighted by Gasteiger charge is 2.21. The molecule has 1 amide bonds. The molecule has 0 N–H and O–H groups in total. The second-order valence-corrected chi connectivity index (χ2v) is 8.53. The Kier molecular flexibility index (Phi) is 11.3. The van der Waals surface area contributed by atoms with Crippen LogP contribution in [0.2, 0.25) is 0 Å². The highest BCUT2D eigenvalue weighted by atomic mass is 32.2. The number of sulfonamides is 1. The van der Waals surface area contributed by atoms with Crippen molar-refractivity contribution in [3.63, 3.8) is 0 Å². The molecular weight excluding hydrogens is 420 g/mol. The van der Waals surface area contributed by atoms with E-state index in [1.807, 2.05) is 12.1 Å². The minimum absolute atomic E-state index is 0.0335. The number of hydrogen-bond donors (Lipinski definition) is 0. The van der Waals surface area contributed by atoms with Gasteiger partial charge in [0.15, 0.2) is 6.61 Å². The predicted octanol–water partition coefficient (Wildman–Crippen LogP) is 1.85. The van der Waals surface area contributed by atoms with Crippen LogP contribution in [0.5, 0.6) is 0 Å². The van der Waals surface area contributed by atoms with Crippen molar-refractivity contribution in [1.29, 1.82) is 10.5 Å². The van der Waals surface area contributed by atoms with E-state index in [9.17, 15) is 18.0 Å². The SMILES string of the molecule is CCN(CC)S(=O)(=O)c1ccc(CCC(=O)OCC(=O)N(CCC#N)CCC#N)cc1. The van der Waals surface area contributed by atoms with Gasteiger partial charge in [0.1, 0.15) is 0 Å². The lowest BCUT2D eigenvalue weighted by Gasteiger charge is -2.20. The first-order valence-corrected chi connectivity index (χ1v) is 11.5. The first-order valence-electron chi connectivity index (χ1n) is 10.1. The molecule has 1 aromatic carbocycles. The van der Waals surface area contributed by atoms with E-state index < -0.39 is 28.5 Å². The predicted molar refractivity (Wildman–Crippen MR) is 113 cm³/mol. The molecule has 31 heavy (non-hydrogen) atoms. The lowest BCUT2D eigenvalue weighted by molar-refractivity contribution is -0.152. The van der Waals surface area contributed by atoms with Crippen LogP contribution in [0.1, 0.15) is 38.7 Å². The minimum atomic E-state index is -3.53. The van der Waals surface area contributed by atoms with E-state index in [4.69, 9.17) is 15.3 Å². The van der Waals surface area contributed by atoms with E-state index in [1.165, 1.54) is 21.3 Å². The number of ether oxygens (including phenoxy) is 1. The van der Waals surface area contributed by atoms with Gasteiger partial charge in [-0.25, -0.2) is 8.42 Å². The summed E-state index contributed by atoms with van der Waals surface area (Å²) in [5, 5.41) is 17.3. The largest absolute Gasteiger partial charge is 0.456 e. The maximum atomic E-state index is 12.5. The number of carbonyl (C=O) groups is 2. The summed E-state index contributed by atoms with van der Waals surface area (Å²) in [6.45, 7) is 4.23. The van der Waals surface area contributed by atoms with Gasteiger partial charge in [0, 0.05) is 32.6 Å². The maximum absolute atomic E-state index is 12.5. The Labute approximate surface area is 183 Å². The Bertz CT molecular complexity index is 895. The molecule has 0 unspecified atom stereocenters. The van der Waals surface area contributed by atoms with Crippen molar-refractivity contribution >= 4 is 21.9 Å². The van der Waals surface area contributed by atoms with Crippen molar-refractivity contribution in [2.75, 3.05) is 32.8 Å². The molecule has 0 radical (unpaired) electrons. The number of nitriles is 2. The number of carbonyl (C=O) groups excluding carboxylic acids is 2. The summed E-state index contributed by atoms with van der Waals surface area (Å²) in [7, 11) is -3.53. The summed E-state index contributed by atoms with van der Waals surface area (Å²) in [6, 6.07) is 10.2. The zero-order valence-electron chi connectivity index (χ0n) is 17.9. The number of hydrogen-bond acceptors (Lipinski definition) is 7. The van der Waals surface area contributed by atoms with Gasteiger partial charge in [-0.15, -0.1) is 0 Å². The van der Waals surface area contributed by atoms with Crippen molar-refractivity contribution in [2.45, 2.75) is 44.4 Å². The quantitative estimate of drug-likeness (QED) is 0.421. The summed E-state index contributed by atoms with van der Waals surface area (Å²) in [4.78, 5) is 25.6. The van der Waals surface area contributed by atoms with Gasteiger partial charge in [0.2, 0.25) is 10.0 Å². The Morgan fingerprint density at radius 1 is 1.00 bits per heavy atom. The number of aryl methyl sites for hydroxylation is 1. The van der Waals surface area contributed by atoms with Crippen LogP contribution in [0.3, 0.4) is 0 Å². The van der Waals surface area contributed by atoms with Gasteiger partial charge in [-0.2, -0.15) is 14.8 Å². The molecule has 1 rings (SSSR count). The molecule has 0 aliphatic rings. The molecule has 10 heteroatoms. The van der Waals surface area contributed by atoms with E-state index in [-0.39, 0.29) is 37.2 Å². The number of esters is 1. The summed E-state index contributed by atoms with van der Waals surface area (Å²) >= 11 is 0. The molecule has 0 fully saturated rings. The average Bonchev–Trinajstić information content (AvgIpc) is 2.77. The van der Waals surface area contributed by atoms with Crippen LogP contribution < -0.4 is 0 Å². The van der Waals surface area contributed by atoms with Gasteiger partial charge in [-0.1, -0.05) is 26.0 Å². The highest BCUT2D eigenvalue weighted by Crippen LogP contribution is 2.17. The van der Waals surface area contributed by atoms with Crippen molar-refractivity contribution in [2.24, 2.45) is 0 Å². The van der Waals surface area contributed by atoms with E-state index in [2.05, 4.69) is 0 Å². The molecule has 9 nitrogen and oxygen atoms in total. The first-order chi connectivity index (χ1) is 14.8. The summed E-state index contributed by atoms with van der Waals surface area (Å²) < 4.78 is 31.4. The van der Waals surface area contributed by atoms with Gasteiger partial charge < -0.3 is 9.64 Å². The molecule has 0 aliphatic carbocycles. The Balaban J connectivity index is 2.56. The second kappa shape index (κ2) is 13.4. The molecule has 0 spiro atoms. The first kappa shape index (κ1) is 26.1. The van der Waals surface area contributed by atoms with E-state index in [0.717, 1.165) is 5.56 Å². The topological polar surface area (TPSA) is 132 Å². The fourth-order valence-electron chi connectivity index (χ4n) is 2.82. The fraction of sp³-hybridized carbons (Fsp3) is 0.524. The third kappa shape index (κ3) is 8.36. The van der Waals surface area contributed by atoms with Crippen molar-refractivity contribution in [3.05, 3.63) is 29.8 Å². The number of benzene rings is 1. The standard InChI is InChI=1S/C21H28N4O5S/c1-3-25(4-2)31(28,29)19-10-7-18(8-11-19)9-12-21(27)30-17-20(26)24(15-5-13-22)16-6-14-23/h7-8,10-11H,3-6,9,12,15-17H2,1-2H3. The average molecular weight is 449 g/mol. The molecule has 0 aromatic heterocycles. The summed E-state index contributed by atoms with van der Waals surface area (Å²) in [5.74, 6) is -1.02. The van der Waals surface area contributed by atoms with Crippen LogP contribution >= 0.6 is 0 Å². The molecule has 0 atom stereocenters. The van der Waals surface area contributed by atoms with Gasteiger partial charge in [-0.3, -0.25) is 9.59 Å². The number of rotatable bonds is 13. The van der Waals surface area contributed by atoms with E-state index in [1.54, 1.807) is 26.0 Å². The smallest absolute Gasteiger partial charge is 0.306 e. The van der Waals surface area contributed by atoms with Crippen molar-refractivity contribution in [3.8, 4) is 12.1 Å². The van der Waals surface area contributed by atoms with Gasteiger partial charge in [0.25, 0.3) is 5.91 Å². The van der Waals surface area contributed by atoms with Crippen molar-refractivity contribution in [1.82, 2.24) is 9.21 Å². The third-order valence-corrected chi connectivity index (χ3v) is 6.64. The minimum Gasteiger partial charge on any atom is -0.456 e. The Morgan fingerprint density at radius 3 is 2.03 bits per heavy atom. The zero-order valence-corrected chi connectivity index (χ0v) is 18.7. The van der Waals surface area contributed by atoms with Crippen LogP contribution in [0.15, 0.2) is 29.2 Å². The molecule has 0 aliphatic heterocycles. The second-order valence-electron chi connectivity index (χ2n) is 6.59. The van der Waals surface area contributed by atoms with Crippen LogP contribution in [0.4, 0.5) is 0 Å². The number of amides is 1. The van der Waals surface area contributed by atoms with E-state index in [0.29, 0.717) is 19.5 Å². The maximum Gasteiger partial charge on any atom is 0.306 e. The van der Waals surface area contributed by atoms with Crippen molar-refractivity contribution < 1.29 is 22.7 Å². The van der Waals surface area contributed by atoms with Crippen LogP contribution in [-0.2, 0) is 30.8 Å². The lowest BCUT2D eigenvalue weighted by Crippen LogP contribution is -2.36. The molecular formula is C21H28N4O5S. The van der Waals surface area contributed by atoms with Crippen LogP contribution in [0, 0.1) is 22.7 Å². The fourth-order valence-corrected chi connectivity index (χ4v) is 4.28. The molecule has 1 aromatic rings. The highest BCUT2D eigenvalue weighted by molar-refractivity contribution is 7.89. The van der Waals surface area contributed by atoms with Gasteiger partial charge in [0.05, 0.1) is 29.9 Å². The zero-order chi connectivity index (χ0) is 23.3. The third-order valence-electron chi connectivity index (χ3n) is 4.58. The summed E-state index contributed by atoms with van der Waals surface area (Å²) in [5.41, 5.74) is 0.770. The van der Waals surface area contributed by atoms with Crippen LogP contribution in [-0.4, -0.2) is 62.3 Å². The Hall–Kier alpha value is -2.95. The molecule has 0 heterocycles. The monoisotopic (exact) mass is 448 g/mol. The lowest BCUT2D eigenvalue weighted by atomic mass is 10.1. The Morgan fingerprint density at radius 2 is 1.55 bits per heavy atom. The van der Waals surface area contributed by atoms with Crippen LogP contribution in [0.25, 0.3) is 0 Å². The molecule has 0 saturated heterocycles. The summed E-state index contributed by atoms with van der Waals surface area (Å²) in [6.07, 6.45) is 0.632. The number of nitrogens with zero attached hydrogens (tertiary/aromatic N) is 4. The van der Waals surface area contributed by atoms with Gasteiger partial charge in [-0.05, 0) is 24.1 Å². The molecule has 168 valence electrons. The molecule has 0 bridgehead atoms. The van der Waals surface area contributed by atoms with Gasteiger partial charge >= 0.3 is 5.97 Å².